The number of likely N-dealkylation sites (N-methyl/N-ethyl adjacent to an activating group) is 1. The maximum atomic E-state index is 12.5. The van der Waals surface area contributed by atoms with Crippen molar-refractivity contribution in [3.8, 4) is 0 Å². The highest BCUT2D eigenvalue weighted by Crippen LogP contribution is 2.25. The molecule has 3 aromatic rings. The fourth-order valence-corrected chi connectivity index (χ4v) is 4.37. The molecule has 0 spiro atoms. The van der Waals surface area contributed by atoms with Crippen molar-refractivity contribution >= 4 is 38.4 Å². The fourth-order valence-electron chi connectivity index (χ4n) is 3.02. The Morgan fingerprint density at radius 1 is 1.07 bits per heavy atom. The van der Waals surface area contributed by atoms with Gasteiger partial charge < -0.3 is 5.32 Å². The standard InChI is InChI=1S/C19H18N4O3S/c1-22-11-12-23(27(22,25)26)17-8-5-15(6-9-17)19(24)21-16-7-4-14-3-2-10-20-18(14)13-16/h2-10,13H,11-12H2,1H3,(H,21,24). The summed E-state index contributed by atoms with van der Waals surface area (Å²) in [5.74, 6) is -0.266. The number of carbonyl (C=O) groups excluding carboxylic acids is 1. The predicted molar refractivity (Wildman–Crippen MR) is 105 cm³/mol. The molecule has 1 fully saturated rings. The Bertz CT molecular complexity index is 1110. The van der Waals surface area contributed by atoms with E-state index in [0.29, 0.717) is 30.0 Å². The van der Waals surface area contributed by atoms with E-state index in [-0.39, 0.29) is 5.91 Å². The van der Waals surface area contributed by atoms with Gasteiger partial charge in [0.25, 0.3) is 5.91 Å². The molecule has 2 aromatic carbocycles. The summed E-state index contributed by atoms with van der Waals surface area (Å²) >= 11 is 0. The molecule has 1 saturated heterocycles. The van der Waals surface area contributed by atoms with Crippen LogP contribution in [0.5, 0.6) is 0 Å². The highest BCUT2D eigenvalue weighted by atomic mass is 32.2. The summed E-state index contributed by atoms with van der Waals surface area (Å²) < 4.78 is 27.1. The number of aromatic nitrogens is 1. The molecule has 0 unspecified atom stereocenters. The highest BCUT2D eigenvalue weighted by Gasteiger charge is 2.33. The van der Waals surface area contributed by atoms with Crippen LogP contribution in [0.25, 0.3) is 10.9 Å². The lowest BCUT2D eigenvalue weighted by atomic mass is 10.1. The van der Waals surface area contributed by atoms with Gasteiger partial charge in [0.05, 0.1) is 11.2 Å². The minimum absolute atomic E-state index is 0.266. The molecule has 0 aliphatic carbocycles. The smallest absolute Gasteiger partial charge is 0.303 e. The van der Waals surface area contributed by atoms with Crippen molar-refractivity contribution in [3.63, 3.8) is 0 Å². The van der Waals surface area contributed by atoms with E-state index >= 15 is 0 Å². The molecule has 0 bridgehead atoms. The molecule has 1 aliphatic heterocycles. The first-order chi connectivity index (χ1) is 12.9. The van der Waals surface area contributed by atoms with E-state index in [2.05, 4.69) is 10.3 Å². The van der Waals surface area contributed by atoms with E-state index in [1.165, 1.54) is 8.61 Å². The van der Waals surface area contributed by atoms with Crippen molar-refractivity contribution in [2.75, 3.05) is 29.8 Å². The number of hydrogen-bond donors (Lipinski definition) is 1. The summed E-state index contributed by atoms with van der Waals surface area (Å²) in [5.41, 5.74) is 2.45. The Labute approximate surface area is 157 Å². The van der Waals surface area contributed by atoms with Gasteiger partial charge in [-0.15, -0.1) is 0 Å². The largest absolute Gasteiger partial charge is 0.322 e. The molecule has 0 atom stereocenters. The molecule has 1 aliphatic rings. The minimum Gasteiger partial charge on any atom is -0.322 e. The average Bonchev–Trinajstić information content (AvgIpc) is 2.94. The van der Waals surface area contributed by atoms with Crippen LogP contribution in [-0.4, -0.2) is 43.8 Å². The van der Waals surface area contributed by atoms with Gasteiger partial charge in [0, 0.05) is 43.0 Å². The predicted octanol–water partition coefficient (Wildman–Crippen LogP) is 2.48. The third-order valence-corrected chi connectivity index (χ3v) is 6.49. The third-order valence-electron chi connectivity index (χ3n) is 4.57. The van der Waals surface area contributed by atoms with Crippen molar-refractivity contribution < 1.29 is 13.2 Å². The topological polar surface area (TPSA) is 82.6 Å². The lowest BCUT2D eigenvalue weighted by Crippen LogP contribution is -2.30. The molecule has 1 aromatic heterocycles. The first-order valence-corrected chi connectivity index (χ1v) is 9.85. The number of fused-ring (bicyclic) bond motifs is 1. The third kappa shape index (κ3) is 3.24. The van der Waals surface area contributed by atoms with Crippen LogP contribution in [0.3, 0.4) is 0 Å². The molecule has 27 heavy (non-hydrogen) atoms. The summed E-state index contributed by atoms with van der Waals surface area (Å²) in [4.78, 5) is 16.8. The van der Waals surface area contributed by atoms with Crippen LogP contribution < -0.4 is 9.62 Å². The number of hydrogen-bond acceptors (Lipinski definition) is 4. The monoisotopic (exact) mass is 382 g/mol. The number of rotatable bonds is 3. The summed E-state index contributed by atoms with van der Waals surface area (Å²) in [6.45, 7) is 0.842. The van der Waals surface area contributed by atoms with Crippen molar-refractivity contribution in [3.05, 3.63) is 66.4 Å². The summed E-state index contributed by atoms with van der Waals surface area (Å²) in [6, 6.07) is 15.9. The van der Waals surface area contributed by atoms with Crippen LogP contribution in [0.4, 0.5) is 11.4 Å². The van der Waals surface area contributed by atoms with E-state index in [1.54, 1.807) is 37.5 Å². The number of nitrogens with one attached hydrogen (secondary N) is 1. The van der Waals surface area contributed by atoms with Crippen LogP contribution in [0.1, 0.15) is 10.4 Å². The van der Waals surface area contributed by atoms with E-state index in [1.807, 2.05) is 30.3 Å². The van der Waals surface area contributed by atoms with Gasteiger partial charge in [0.1, 0.15) is 0 Å². The molecule has 138 valence electrons. The molecule has 1 N–H and O–H groups in total. The lowest BCUT2D eigenvalue weighted by Gasteiger charge is -2.18. The molecule has 4 rings (SSSR count). The molecule has 0 saturated carbocycles. The van der Waals surface area contributed by atoms with Gasteiger partial charge in [-0.25, -0.2) is 0 Å². The Balaban J connectivity index is 1.52. The minimum atomic E-state index is -3.46. The number of anilines is 2. The summed E-state index contributed by atoms with van der Waals surface area (Å²) in [6.07, 6.45) is 1.70. The highest BCUT2D eigenvalue weighted by molar-refractivity contribution is 7.90. The number of carbonyl (C=O) groups is 1. The van der Waals surface area contributed by atoms with Crippen molar-refractivity contribution in [2.45, 2.75) is 0 Å². The zero-order chi connectivity index (χ0) is 19.0. The maximum Gasteiger partial charge on any atom is 0.303 e. The molecule has 1 amide bonds. The Hall–Kier alpha value is -2.97. The van der Waals surface area contributed by atoms with Gasteiger partial charge in [-0.05, 0) is 42.5 Å². The van der Waals surface area contributed by atoms with Gasteiger partial charge >= 0.3 is 10.2 Å². The molecular weight excluding hydrogens is 364 g/mol. The Kier molecular flexibility index (Phi) is 4.29. The average molecular weight is 382 g/mol. The normalized spacial score (nSPS) is 16.6. The van der Waals surface area contributed by atoms with E-state index in [0.717, 1.165) is 10.9 Å². The van der Waals surface area contributed by atoms with Gasteiger partial charge in [-0.2, -0.15) is 12.7 Å². The van der Waals surface area contributed by atoms with Crippen molar-refractivity contribution in [2.24, 2.45) is 0 Å². The number of amides is 1. The van der Waals surface area contributed by atoms with Gasteiger partial charge in [0.15, 0.2) is 0 Å². The van der Waals surface area contributed by atoms with Gasteiger partial charge in [0.2, 0.25) is 0 Å². The summed E-state index contributed by atoms with van der Waals surface area (Å²) in [5, 5.41) is 3.84. The van der Waals surface area contributed by atoms with E-state index in [4.69, 9.17) is 0 Å². The van der Waals surface area contributed by atoms with Crippen LogP contribution in [-0.2, 0) is 10.2 Å². The zero-order valence-electron chi connectivity index (χ0n) is 14.7. The Morgan fingerprint density at radius 2 is 1.85 bits per heavy atom. The van der Waals surface area contributed by atoms with Crippen molar-refractivity contribution in [1.82, 2.24) is 9.29 Å². The number of pyridine rings is 1. The van der Waals surface area contributed by atoms with Crippen LogP contribution >= 0.6 is 0 Å². The van der Waals surface area contributed by atoms with Gasteiger partial charge in [-0.3, -0.25) is 14.1 Å². The van der Waals surface area contributed by atoms with Crippen LogP contribution in [0, 0.1) is 0 Å². The fraction of sp³-hybridized carbons (Fsp3) is 0.158. The maximum absolute atomic E-state index is 12.5. The molecule has 2 heterocycles. The number of nitrogens with zero attached hydrogens (tertiary/aromatic N) is 3. The first kappa shape index (κ1) is 17.4. The summed E-state index contributed by atoms with van der Waals surface area (Å²) in [7, 11) is -1.91. The quantitative estimate of drug-likeness (QED) is 0.754. The SMILES string of the molecule is CN1CCN(c2ccc(C(=O)Nc3ccc4cccnc4c3)cc2)S1(=O)=O. The molecule has 7 nitrogen and oxygen atoms in total. The van der Waals surface area contributed by atoms with Gasteiger partial charge in [-0.1, -0.05) is 12.1 Å². The molecule has 8 heteroatoms. The lowest BCUT2D eigenvalue weighted by molar-refractivity contribution is 0.102. The van der Waals surface area contributed by atoms with Crippen molar-refractivity contribution in [1.29, 1.82) is 0 Å². The molecule has 0 radical (unpaired) electrons. The Morgan fingerprint density at radius 3 is 2.56 bits per heavy atom. The second-order valence-electron chi connectivity index (χ2n) is 6.31. The van der Waals surface area contributed by atoms with Crippen LogP contribution in [0.2, 0.25) is 0 Å². The van der Waals surface area contributed by atoms with E-state index in [9.17, 15) is 13.2 Å². The van der Waals surface area contributed by atoms with E-state index < -0.39 is 10.2 Å². The van der Waals surface area contributed by atoms with Crippen LogP contribution in [0.15, 0.2) is 60.8 Å². The second kappa shape index (κ2) is 6.64. The molecular formula is C19H18N4O3S. The second-order valence-corrected chi connectivity index (χ2v) is 8.27. The first-order valence-electron chi connectivity index (χ1n) is 8.45. The zero-order valence-corrected chi connectivity index (χ0v) is 15.5. The number of benzene rings is 2.